The van der Waals surface area contributed by atoms with Gasteiger partial charge in [0.2, 0.25) is 21.8 Å². The van der Waals surface area contributed by atoms with Crippen LogP contribution in [0.5, 0.6) is 0 Å². The minimum atomic E-state index is -3.90. The fraction of sp³-hybridized carbons (Fsp3) is 0.649. The first-order valence-corrected chi connectivity index (χ1v) is 20.0. The van der Waals surface area contributed by atoms with Crippen LogP contribution in [0.25, 0.3) is 0 Å². The summed E-state index contributed by atoms with van der Waals surface area (Å²) in [5.74, 6) is -2.61. The molecule has 6 rings (SSSR count). The second-order valence-corrected chi connectivity index (χ2v) is 18.1. The summed E-state index contributed by atoms with van der Waals surface area (Å²) in [5, 5.41) is 5.02. The Balaban J connectivity index is 1.28. The van der Waals surface area contributed by atoms with Crippen molar-refractivity contribution >= 4 is 39.9 Å². The molecular formula is C37H52N6O8S. The highest BCUT2D eigenvalue weighted by Gasteiger charge is 2.62. The predicted molar refractivity (Wildman–Crippen MR) is 192 cm³/mol. The number of hydrogen-bond donors (Lipinski definition) is 3. The molecule has 15 heteroatoms. The lowest BCUT2D eigenvalue weighted by atomic mass is 9.85. The summed E-state index contributed by atoms with van der Waals surface area (Å²) in [4.78, 5) is 73.7. The van der Waals surface area contributed by atoms with Crippen LogP contribution in [0.2, 0.25) is 0 Å². The molecule has 0 spiro atoms. The highest BCUT2D eigenvalue weighted by molar-refractivity contribution is 7.91. The van der Waals surface area contributed by atoms with Crippen LogP contribution in [0.15, 0.2) is 30.9 Å². The zero-order chi connectivity index (χ0) is 37.6. The normalized spacial score (nSPS) is 28.8. The number of amides is 6. The van der Waals surface area contributed by atoms with Gasteiger partial charge in [-0.2, -0.15) is 0 Å². The number of ether oxygens (including phenoxy) is 1. The van der Waals surface area contributed by atoms with Crippen LogP contribution in [0, 0.1) is 11.3 Å². The Morgan fingerprint density at radius 1 is 1.06 bits per heavy atom. The first-order valence-electron chi connectivity index (χ1n) is 18.4. The fourth-order valence-corrected chi connectivity index (χ4v) is 9.00. The molecule has 0 unspecified atom stereocenters. The van der Waals surface area contributed by atoms with Gasteiger partial charge in [-0.25, -0.2) is 18.0 Å². The van der Waals surface area contributed by atoms with Crippen LogP contribution in [-0.4, -0.2) is 102 Å². The molecule has 3 fully saturated rings. The Kier molecular flexibility index (Phi) is 10.4. The van der Waals surface area contributed by atoms with Gasteiger partial charge in [0.25, 0.3) is 5.91 Å². The fourth-order valence-electron chi connectivity index (χ4n) is 7.63. The first-order chi connectivity index (χ1) is 24.5. The molecule has 14 nitrogen and oxygen atoms in total. The van der Waals surface area contributed by atoms with Gasteiger partial charge in [-0.3, -0.25) is 24.0 Å². The third-order valence-corrected chi connectivity index (χ3v) is 12.9. The number of carbonyl (C=O) groups excluding carboxylic acids is 5. The lowest BCUT2D eigenvalue weighted by Crippen LogP contribution is -2.61. The van der Waals surface area contributed by atoms with E-state index < -0.39 is 80.2 Å². The highest BCUT2D eigenvalue weighted by Crippen LogP contribution is 2.45. The second kappa shape index (κ2) is 14.4. The number of urea groups is 1. The summed E-state index contributed by atoms with van der Waals surface area (Å²) in [7, 11) is -2.21. The maximum Gasteiger partial charge on any atom is 0.410 e. The van der Waals surface area contributed by atoms with Crippen molar-refractivity contribution in [2.75, 3.05) is 20.1 Å². The van der Waals surface area contributed by atoms with E-state index in [2.05, 4.69) is 28.0 Å². The zero-order valence-electron chi connectivity index (χ0n) is 30.6. The van der Waals surface area contributed by atoms with Gasteiger partial charge in [0.15, 0.2) is 0 Å². The lowest BCUT2D eigenvalue weighted by Gasteiger charge is -2.36. The third-order valence-electron chi connectivity index (χ3n) is 11.1. The second-order valence-electron chi connectivity index (χ2n) is 16.2. The van der Waals surface area contributed by atoms with Gasteiger partial charge in [-0.15, -0.1) is 6.58 Å². The number of nitrogens with one attached hydrogen (secondary N) is 3. The molecular weight excluding hydrogens is 689 g/mol. The maximum atomic E-state index is 14.5. The largest absolute Gasteiger partial charge is 0.444 e. The molecule has 284 valence electrons. The Morgan fingerprint density at radius 3 is 2.44 bits per heavy atom. The molecule has 4 bridgehead atoms. The van der Waals surface area contributed by atoms with Crippen LogP contribution in [-0.2, 0) is 48.7 Å². The average Bonchev–Trinajstić information content (AvgIpc) is 3.97. The topological polar surface area (TPSA) is 175 Å². The Bertz CT molecular complexity index is 1740. The summed E-state index contributed by atoms with van der Waals surface area (Å²) in [6.45, 7) is 10.4. The Hall–Kier alpha value is -4.14. The van der Waals surface area contributed by atoms with Crippen molar-refractivity contribution in [3.63, 3.8) is 0 Å². The number of aryl methyl sites for hydroxylation is 1. The molecule has 1 saturated heterocycles. The van der Waals surface area contributed by atoms with Gasteiger partial charge in [-0.05, 0) is 60.6 Å². The predicted octanol–water partition coefficient (Wildman–Crippen LogP) is 2.95. The highest BCUT2D eigenvalue weighted by atomic mass is 32.2. The standard InChI is InChI=1S/C37H52N6O8S/c1-6-25-19-37(25,33(46)40-52(49,50)27-15-16-27)39-31(44)29-18-26-21-43(29)32(45)30(36(2,3)4)38-34(47)41(5)17-10-8-7-9-12-23-13-11-14-24-20-42(22-28(23)24)35(48)51-26/h6,11,13-14,25-27,29-30H,1,7-10,12,15-22H2,2-5H3,(H,38,47)(H,39,44)(H,40,46)/t25-,26-,29+,30-,37-/m1/s1. The van der Waals surface area contributed by atoms with Crippen LogP contribution in [0.3, 0.4) is 0 Å². The number of fused-ring (bicyclic) bond motifs is 3. The van der Waals surface area contributed by atoms with E-state index in [1.165, 1.54) is 16.5 Å². The minimum Gasteiger partial charge on any atom is -0.444 e. The number of benzene rings is 1. The van der Waals surface area contributed by atoms with Gasteiger partial charge in [0.1, 0.15) is 23.7 Å². The van der Waals surface area contributed by atoms with Gasteiger partial charge >= 0.3 is 12.1 Å². The molecule has 5 atom stereocenters. The molecule has 2 saturated carbocycles. The van der Waals surface area contributed by atoms with E-state index in [-0.39, 0.29) is 19.4 Å². The van der Waals surface area contributed by atoms with Crippen molar-refractivity contribution in [3.8, 4) is 0 Å². The summed E-state index contributed by atoms with van der Waals surface area (Å²) in [6.07, 6.45) is 5.62. The third kappa shape index (κ3) is 7.79. The molecule has 1 aromatic rings. The van der Waals surface area contributed by atoms with Crippen LogP contribution in [0.1, 0.15) is 88.8 Å². The Labute approximate surface area is 306 Å². The van der Waals surface area contributed by atoms with Crippen molar-refractivity contribution in [3.05, 3.63) is 47.5 Å². The van der Waals surface area contributed by atoms with E-state index in [1.807, 2.05) is 32.9 Å². The molecule has 5 aliphatic rings. The van der Waals surface area contributed by atoms with Gasteiger partial charge in [0.05, 0.1) is 11.8 Å². The number of sulfonamides is 1. The average molecular weight is 741 g/mol. The van der Waals surface area contributed by atoms with Crippen LogP contribution in [0.4, 0.5) is 9.59 Å². The molecule has 3 aliphatic heterocycles. The van der Waals surface area contributed by atoms with Gasteiger partial charge in [0, 0.05) is 39.0 Å². The zero-order valence-corrected chi connectivity index (χ0v) is 31.4. The number of rotatable bonds is 6. The smallest absolute Gasteiger partial charge is 0.410 e. The van der Waals surface area contributed by atoms with Crippen LogP contribution < -0.4 is 15.4 Å². The van der Waals surface area contributed by atoms with Crippen molar-refractivity contribution < 1.29 is 37.1 Å². The van der Waals surface area contributed by atoms with E-state index in [1.54, 1.807) is 16.8 Å². The molecule has 1 aromatic carbocycles. The van der Waals surface area contributed by atoms with Crippen molar-refractivity contribution in [1.82, 2.24) is 30.1 Å². The number of nitrogens with zero attached hydrogens (tertiary/aromatic N) is 3. The van der Waals surface area contributed by atoms with Gasteiger partial charge in [-0.1, -0.05) is 57.9 Å². The summed E-state index contributed by atoms with van der Waals surface area (Å²) in [5.41, 5.74) is 1.04. The molecule has 3 N–H and O–H groups in total. The van der Waals surface area contributed by atoms with Crippen molar-refractivity contribution in [2.24, 2.45) is 11.3 Å². The molecule has 0 aromatic heterocycles. The van der Waals surface area contributed by atoms with E-state index in [9.17, 15) is 32.4 Å². The van der Waals surface area contributed by atoms with E-state index in [0.29, 0.717) is 32.5 Å². The van der Waals surface area contributed by atoms with Crippen molar-refractivity contribution in [2.45, 2.75) is 121 Å². The quantitative estimate of drug-likeness (QED) is 0.374. The monoisotopic (exact) mass is 740 g/mol. The van der Waals surface area contributed by atoms with E-state index in [0.717, 1.165) is 43.2 Å². The molecule has 6 amide bonds. The van der Waals surface area contributed by atoms with E-state index >= 15 is 0 Å². The molecule has 2 aliphatic carbocycles. The molecule has 3 heterocycles. The number of hydrogen-bond acceptors (Lipinski definition) is 8. The Morgan fingerprint density at radius 2 is 1.77 bits per heavy atom. The first kappa shape index (κ1) is 37.6. The van der Waals surface area contributed by atoms with Crippen LogP contribution >= 0.6 is 0 Å². The summed E-state index contributed by atoms with van der Waals surface area (Å²) in [6, 6.07) is 3.46. The van der Waals surface area contributed by atoms with Crippen molar-refractivity contribution in [1.29, 1.82) is 0 Å². The molecule has 52 heavy (non-hydrogen) atoms. The summed E-state index contributed by atoms with van der Waals surface area (Å²) >= 11 is 0. The summed E-state index contributed by atoms with van der Waals surface area (Å²) < 4.78 is 33.5. The lowest BCUT2D eigenvalue weighted by molar-refractivity contribution is -0.142. The van der Waals surface area contributed by atoms with Gasteiger partial charge < -0.3 is 25.2 Å². The maximum absolute atomic E-state index is 14.5. The minimum absolute atomic E-state index is 0.0586. The van der Waals surface area contributed by atoms with E-state index in [4.69, 9.17) is 4.74 Å². The molecule has 0 radical (unpaired) electrons. The number of carbonyl (C=O) groups is 5. The SMILES string of the molecule is C=C[C@@H]1C[C@]1(NC(=O)[C@@H]1C[C@@H]2CN1C(=O)[C@H](C(C)(C)C)NC(=O)N(C)CCCCCCc1cccc3c1CN(C3)C(=O)O2)C(=O)NS(=O)(=O)C1CC1.